The molecule has 0 aliphatic carbocycles. The van der Waals surface area contributed by atoms with Gasteiger partial charge in [0.25, 0.3) is 0 Å². The van der Waals surface area contributed by atoms with Crippen LogP contribution in [0.4, 0.5) is 0 Å². The summed E-state index contributed by atoms with van der Waals surface area (Å²) in [5.41, 5.74) is 0.784. The molecular weight excluding hydrogens is 276 g/mol. The van der Waals surface area contributed by atoms with Crippen LogP contribution in [0.15, 0.2) is 10.6 Å². The van der Waals surface area contributed by atoms with Gasteiger partial charge in [-0.2, -0.15) is 0 Å². The summed E-state index contributed by atoms with van der Waals surface area (Å²) in [6, 6.07) is 1.72. The lowest BCUT2D eigenvalue weighted by atomic mass is 10.0. The van der Waals surface area contributed by atoms with Crippen molar-refractivity contribution in [2.45, 2.75) is 32.5 Å². The summed E-state index contributed by atoms with van der Waals surface area (Å²) in [6.45, 7) is 4.51. The number of ether oxygens (including phenoxy) is 2. The van der Waals surface area contributed by atoms with E-state index in [9.17, 15) is 9.90 Å². The molecule has 2 unspecified atom stereocenters. The van der Waals surface area contributed by atoms with Crippen molar-refractivity contribution in [3.05, 3.63) is 17.5 Å². The zero-order valence-corrected chi connectivity index (χ0v) is 12.4. The Morgan fingerprint density at radius 3 is 3.05 bits per heavy atom. The third kappa shape index (κ3) is 4.03. The van der Waals surface area contributed by atoms with E-state index in [1.165, 1.54) is 0 Å². The molecule has 1 aromatic rings. The van der Waals surface area contributed by atoms with Crippen molar-refractivity contribution in [3.63, 3.8) is 0 Å². The first-order chi connectivity index (χ1) is 10.2. The van der Waals surface area contributed by atoms with Crippen LogP contribution in [0.2, 0.25) is 0 Å². The van der Waals surface area contributed by atoms with Crippen molar-refractivity contribution >= 4 is 5.97 Å². The van der Waals surface area contributed by atoms with Crippen molar-refractivity contribution in [2.75, 3.05) is 26.9 Å². The fourth-order valence-electron chi connectivity index (χ4n) is 2.64. The monoisotopic (exact) mass is 298 g/mol. The van der Waals surface area contributed by atoms with Gasteiger partial charge < -0.3 is 19.1 Å². The number of carboxylic acids is 1. The first kappa shape index (κ1) is 15.9. The van der Waals surface area contributed by atoms with Gasteiger partial charge in [0.1, 0.15) is 6.61 Å². The normalized spacial score (nSPS) is 22.0. The Hall–Kier alpha value is -1.44. The fourth-order valence-corrected chi connectivity index (χ4v) is 2.64. The van der Waals surface area contributed by atoms with Gasteiger partial charge >= 0.3 is 5.97 Å². The highest BCUT2D eigenvalue weighted by atomic mass is 16.5. The van der Waals surface area contributed by atoms with E-state index in [1.807, 2.05) is 6.07 Å². The molecule has 0 spiro atoms. The highest BCUT2D eigenvalue weighted by Gasteiger charge is 2.37. The molecular formula is C14H22N2O5. The Bertz CT molecular complexity index is 462. The second-order valence-corrected chi connectivity index (χ2v) is 5.24. The highest BCUT2D eigenvalue weighted by molar-refractivity contribution is 5.71. The van der Waals surface area contributed by atoms with E-state index in [2.05, 4.69) is 17.0 Å². The van der Waals surface area contributed by atoms with Crippen LogP contribution in [0.25, 0.3) is 0 Å². The highest BCUT2D eigenvalue weighted by Crippen LogP contribution is 2.22. The van der Waals surface area contributed by atoms with Gasteiger partial charge in [0, 0.05) is 25.8 Å². The van der Waals surface area contributed by atoms with Crippen LogP contribution in [0, 0.1) is 5.92 Å². The average molecular weight is 298 g/mol. The van der Waals surface area contributed by atoms with Gasteiger partial charge in [-0.1, -0.05) is 12.1 Å². The lowest BCUT2D eigenvalue weighted by Gasteiger charge is -2.29. The van der Waals surface area contributed by atoms with Crippen molar-refractivity contribution in [1.29, 1.82) is 0 Å². The number of hydrogen-bond acceptors (Lipinski definition) is 6. The molecule has 2 heterocycles. The lowest BCUT2D eigenvalue weighted by Crippen LogP contribution is -2.43. The number of carbonyl (C=O) groups is 1. The Kier molecular flexibility index (Phi) is 5.72. The van der Waals surface area contributed by atoms with Gasteiger partial charge in [0.2, 0.25) is 0 Å². The van der Waals surface area contributed by atoms with Gasteiger partial charge in [0.05, 0.1) is 24.8 Å². The van der Waals surface area contributed by atoms with Crippen LogP contribution in [0.3, 0.4) is 0 Å². The van der Waals surface area contributed by atoms with Crippen molar-refractivity contribution in [2.24, 2.45) is 5.92 Å². The Labute approximate surface area is 123 Å². The molecule has 0 amide bonds. The molecule has 7 nitrogen and oxygen atoms in total. The molecule has 1 aromatic heterocycles. The van der Waals surface area contributed by atoms with Gasteiger partial charge in [-0.05, 0) is 13.0 Å². The van der Waals surface area contributed by atoms with E-state index in [4.69, 9.17) is 14.0 Å². The van der Waals surface area contributed by atoms with E-state index in [0.717, 1.165) is 18.7 Å². The van der Waals surface area contributed by atoms with E-state index in [0.29, 0.717) is 25.5 Å². The van der Waals surface area contributed by atoms with Crippen molar-refractivity contribution < 1.29 is 23.9 Å². The van der Waals surface area contributed by atoms with Gasteiger partial charge in [-0.3, -0.25) is 9.69 Å². The smallest absolute Gasteiger partial charge is 0.310 e. The topological polar surface area (TPSA) is 85.0 Å². The molecule has 0 radical (unpaired) electrons. The first-order valence-electron chi connectivity index (χ1n) is 7.13. The molecule has 0 saturated carbocycles. The number of nitrogens with zero attached hydrogens (tertiary/aromatic N) is 2. The van der Waals surface area contributed by atoms with Crippen LogP contribution in [0.1, 0.15) is 24.8 Å². The SMILES string of the molecule is CCCN(Cc1cc(COC)on1)C1COCC1C(=O)O. The van der Waals surface area contributed by atoms with Gasteiger partial charge in [0.15, 0.2) is 5.76 Å². The van der Waals surface area contributed by atoms with E-state index >= 15 is 0 Å². The van der Waals surface area contributed by atoms with Gasteiger partial charge in [-0.25, -0.2) is 0 Å². The third-order valence-corrected chi connectivity index (χ3v) is 3.61. The molecule has 0 aromatic carbocycles. The number of aromatic nitrogens is 1. The number of hydrogen-bond donors (Lipinski definition) is 1. The summed E-state index contributed by atoms with van der Waals surface area (Å²) in [5, 5.41) is 13.3. The zero-order chi connectivity index (χ0) is 15.2. The van der Waals surface area contributed by atoms with Gasteiger partial charge in [-0.15, -0.1) is 0 Å². The molecule has 0 bridgehead atoms. The molecule has 7 heteroatoms. The standard InChI is InChI=1S/C14H22N2O5/c1-3-4-16(13-9-20-8-12(13)14(17)18)6-10-5-11(7-19-2)21-15-10/h5,12-13H,3-4,6-9H2,1-2H3,(H,17,18). The van der Waals surface area contributed by atoms with Crippen LogP contribution < -0.4 is 0 Å². The Morgan fingerprint density at radius 1 is 1.57 bits per heavy atom. The maximum absolute atomic E-state index is 11.3. The number of aliphatic carboxylic acids is 1. The quantitative estimate of drug-likeness (QED) is 0.770. The maximum atomic E-state index is 11.3. The molecule has 1 aliphatic heterocycles. The van der Waals surface area contributed by atoms with Crippen molar-refractivity contribution in [3.8, 4) is 0 Å². The molecule has 1 saturated heterocycles. The summed E-state index contributed by atoms with van der Waals surface area (Å²) < 4.78 is 15.5. The summed E-state index contributed by atoms with van der Waals surface area (Å²) in [5.74, 6) is -0.623. The summed E-state index contributed by atoms with van der Waals surface area (Å²) in [6.07, 6.45) is 0.936. The minimum Gasteiger partial charge on any atom is -0.481 e. The van der Waals surface area contributed by atoms with Crippen LogP contribution >= 0.6 is 0 Å². The third-order valence-electron chi connectivity index (χ3n) is 3.61. The second kappa shape index (κ2) is 7.53. The zero-order valence-electron chi connectivity index (χ0n) is 12.4. The average Bonchev–Trinajstić information content (AvgIpc) is 3.07. The molecule has 1 aliphatic rings. The lowest BCUT2D eigenvalue weighted by molar-refractivity contribution is -0.143. The number of methoxy groups -OCH3 is 1. The van der Waals surface area contributed by atoms with Crippen LogP contribution in [-0.4, -0.2) is 54.0 Å². The predicted octanol–water partition coefficient (Wildman–Crippen LogP) is 1.13. The number of carboxylic acid groups (broad SMARTS) is 1. The Morgan fingerprint density at radius 2 is 2.38 bits per heavy atom. The minimum absolute atomic E-state index is 0.120. The van der Waals surface area contributed by atoms with Crippen molar-refractivity contribution in [1.82, 2.24) is 10.1 Å². The maximum Gasteiger partial charge on any atom is 0.310 e. The number of rotatable bonds is 8. The summed E-state index contributed by atoms with van der Waals surface area (Å²) in [4.78, 5) is 13.4. The first-order valence-corrected chi connectivity index (χ1v) is 7.13. The fraction of sp³-hybridized carbons (Fsp3) is 0.714. The van der Waals surface area contributed by atoms with E-state index < -0.39 is 11.9 Å². The van der Waals surface area contributed by atoms with Crippen LogP contribution in [0.5, 0.6) is 0 Å². The molecule has 118 valence electrons. The second-order valence-electron chi connectivity index (χ2n) is 5.24. The molecule has 1 N–H and O–H groups in total. The molecule has 1 fully saturated rings. The Balaban J connectivity index is 2.05. The van der Waals surface area contributed by atoms with E-state index in [-0.39, 0.29) is 12.6 Å². The molecule has 2 atom stereocenters. The summed E-state index contributed by atoms with van der Waals surface area (Å²) >= 11 is 0. The van der Waals surface area contributed by atoms with E-state index in [1.54, 1.807) is 7.11 Å². The predicted molar refractivity (Wildman–Crippen MR) is 73.6 cm³/mol. The minimum atomic E-state index is -0.807. The summed E-state index contributed by atoms with van der Waals surface area (Å²) in [7, 11) is 1.60. The largest absolute Gasteiger partial charge is 0.481 e. The van der Waals surface area contributed by atoms with Crippen LogP contribution in [-0.2, 0) is 27.4 Å². The molecule has 21 heavy (non-hydrogen) atoms. The molecule has 2 rings (SSSR count).